The molecule has 0 saturated heterocycles. The number of ether oxygens (including phenoxy) is 3. The highest BCUT2D eigenvalue weighted by molar-refractivity contribution is 5.71. The largest absolute Gasteiger partial charge is 0.462 e. The zero-order valence-electron chi connectivity index (χ0n) is 52.6. The summed E-state index contributed by atoms with van der Waals surface area (Å²) in [6, 6.07) is 0. The van der Waals surface area contributed by atoms with Crippen LogP contribution in [0.15, 0.2) is 109 Å². The molecule has 0 amide bonds. The van der Waals surface area contributed by atoms with Crippen molar-refractivity contribution in [3.05, 3.63) is 109 Å². The van der Waals surface area contributed by atoms with Crippen molar-refractivity contribution in [2.75, 3.05) is 13.2 Å². The number of esters is 3. The average Bonchev–Trinajstić information content (AvgIpc) is 3.46. The Hall–Kier alpha value is -3.93. The predicted octanol–water partition coefficient (Wildman–Crippen LogP) is 23.4. The van der Waals surface area contributed by atoms with Gasteiger partial charge in [0, 0.05) is 19.3 Å². The van der Waals surface area contributed by atoms with Crippen LogP contribution in [-0.2, 0) is 28.6 Å². The molecule has 0 bridgehead atoms. The molecule has 0 aliphatic rings. The van der Waals surface area contributed by atoms with Crippen molar-refractivity contribution in [1.82, 2.24) is 0 Å². The van der Waals surface area contributed by atoms with Gasteiger partial charge in [-0.25, -0.2) is 0 Å². The predicted molar refractivity (Wildman–Crippen MR) is 348 cm³/mol. The number of carbonyl (C=O) groups excluding carboxylic acids is 3. The number of carbonyl (C=O) groups is 3. The maximum atomic E-state index is 12.9. The Kier molecular flexibility index (Phi) is 64.3. The van der Waals surface area contributed by atoms with Gasteiger partial charge in [-0.05, 0) is 103 Å². The van der Waals surface area contributed by atoms with Gasteiger partial charge in [0.05, 0.1) is 0 Å². The van der Waals surface area contributed by atoms with Crippen LogP contribution in [0.3, 0.4) is 0 Å². The molecule has 6 heteroatoms. The minimum atomic E-state index is -0.794. The fraction of sp³-hybridized carbons (Fsp3) is 0.716. The summed E-state index contributed by atoms with van der Waals surface area (Å²) in [7, 11) is 0. The second-order valence-corrected chi connectivity index (χ2v) is 22.4. The van der Waals surface area contributed by atoms with Gasteiger partial charge >= 0.3 is 17.9 Å². The normalized spacial score (nSPS) is 12.8. The van der Waals surface area contributed by atoms with Crippen LogP contribution in [0.25, 0.3) is 0 Å². The van der Waals surface area contributed by atoms with Crippen molar-refractivity contribution < 1.29 is 28.6 Å². The minimum absolute atomic E-state index is 0.0903. The third-order valence-electron chi connectivity index (χ3n) is 14.5. The van der Waals surface area contributed by atoms with Crippen molar-refractivity contribution in [2.45, 2.75) is 329 Å². The quantitative estimate of drug-likeness (QED) is 0.0261. The van der Waals surface area contributed by atoms with Crippen molar-refractivity contribution in [1.29, 1.82) is 0 Å². The van der Waals surface area contributed by atoms with Gasteiger partial charge in [0.2, 0.25) is 0 Å². The first-order chi connectivity index (χ1) is 39.5. The number of hydrogen-bond acceptors (Lipinski definition) is 6. The van der Waals surface area contributed by atoms with Gasteiger partial charge in [-0.2, -0.15) is 0 Å². The molecule has 0 heterocycles. The molecule has 0 rings (SSSR count). The lowest BCUT2D eigenvalue weighted by molar-refractivity contribution is -0.167. The van der Waals surface area contributed by atoms with Gasteiger partial charge in [-0.1, -0.05) is 310 Å². The molecular formula is C74H126O6. The van der Waals surface area contributed by atoms with E-state index in [4.69, 9.17) is 14.2 Å². The van der Waals surface area contributed by atoms with E-state index in [1.807, 2.05) is 0 Å². The number of rotatable bonds is 61. The van der Waals surface area contributed by atoms with Crippen molar-refractivity contribution in [3.63, 3.8) is 0 Å². The molecule has 0 aromatic heterocycles. The Balaban J connectivity index is 4.35. The van der Waals surface area contributed by atoms with E-state index in [1.165, 1.54) is 128 Å². The maximum absolute atomic E-state index is 12.9. The molecule has 458 valence electrons. The van der Waals surface area contributed by atoms with Crippen LogP contribution in [0.2, 0.25) is 0 Å². The van der Waals surface area contributed by atoms with Crippen LogP contribution >= 0.6 is 0 Å². The van der Waals surface area contributed by atoms with Crippen molar-refractivity contribution in [2.24, 2.45) is 0 Å². The molecule has 0 N–H and O–H groups in total. The summed E-state index contributed by atoms with van der Waals surface area (Å²) in [6.45, 7) is 6.47. The average molecular weight is 1110 g/mol. The van der Waals surface area contributed by atoms with E-state index in [0.29, 0.717) is 19.3 Å². The van der Waals surface area contributed by atoms with Gasteiger partial charge in [0.1, 0.15) is 13.2 Å². The van der Waals surface area contributed by atoms with Gasteiger partial charge < -0.3 is 14.2 Å². The summed E-state index contributed by atoms with van der Waals surface area (Å²) in [6.07, 6.45) is 92.5. The Morgan fingerprint density at radius 3 is 0.812 bits per heavy atom. The van der Waals surface area contributed by atoms with Gasteiger partial charge in [0.25, 0.3) is 0 Å². The molecule has 0 aliphatic carbocycles. The van der Waals surface area contributed by atoms with Crippen LogP contribution < -0.4 is 0 Å². The second-order valence-electron chi connectivity index (χ2n) is 22.4. The summed E-state index contributed by atoms with van der Waals surface area (Å²) >= 11 is 0. The fourth-order valence-corrected chi connectivity index (χ4v) is 9.46. The first-order valence-electron chi connectivity index (χ1n) is 33.9. The maximum Gasteiger partial charge on any atom is 0.306 e. The van der Waals surface area contributed by atoms with Crippen LogP contribution in [0.4, 0.5) is 0 Å². The fourth-order valence-electron chi connectivity index (χ4n) is 9.46. The molecule has 0 radical (unpaired) electrons. The van der Waals surface area contributed by atoms with Crippen molar-refractivity contribution >= 4 is 17.9 Å². The Labute approximate surface area is 495 Å². The van der Waals surface area contributed by atoms with E-state index in [0.717, 1.165) is 154 Å². The summed E-state index contributed by atoms with van der Waals surface area (Å²) in [5, 5.41) is 0. The number of unbranched alkanes of at least 4 members (excludes halogenated alkanes) is 32. The third kappa shape index (κ3) is 64.9. The highest BCUT2D eigenvalue weighted by Crippen LogP contribution is 2.17. The number of allylic oxidation sites excluding steroid dienone is 18. The Morgan fingerprint density at radius 2 is 0.512 bits per heavy atom. The summed E-state index contributed by atoms with van der Waals surface area (Å²) in [5.41, 5.74) is 0. The monoisotopic (exact) mass is 1110 g/mol. The van der Waals surface area contributed by atoms with Gasteiger partial charge in [-0.3, -0.25) is 14.4 Å². The zero-order valence-corrected chi connectivity index (χ0v) is 52.6. The highest BCUT2D eigenvalue weighted by atomic mass is 16.6. The first kappa shape index (κ1) is 76.1. The van der Waals surface area contributed by atoms with E-state index < -0.39 is 6.10 Å². The Bertz CT molecular complexity index is 1610. The molecule has 80 heavy (non-hydrogen) atoms. The standard InChI is InChI=1S/C74H126O6/c1-4-7-10-13-16-19-22-25-27-29-31-33-35-36-37-38-39-41-42-44-46-49-52-55-58-61-64-67-73(76)79-70-71(69-78-72(75)66-63-60-57-54-51-48-24-21-18-15-12-9-6-3)80-74(77)68-65-62-59-56-53-50-47-45-43-40-34-32-30-28-26-23-20-17-14-11-8-5-2/h7,10,12,15-16,19,21,24-25,27,31,33,36-37,39,41,44,46,71H,4-6,8-9,11,13-14,17-18,20,22-23,26,28-30,32,34-35,38,40,42-43,45,47-70H2,1-3H3/b10-7-,15-12-,19-16-,24-21-,27-25-,33-31-,37-36-,41-39-,46-44-. The van der Waals surface area contributed by atoms with E-state index >= 15 is 0 Å². The van der Waals surface area contributed by atoms with Gasteiger partial charge in [-0.15, -0.1) is 0 Å². The van der Waals surface area contributed by atoms with E-state index in [-0.39, 0.29) is 31.1 Å². The topological polar surface area (TPSA) is 78.9 Å². The first-order valence-corrected chi connectivity index (χ1v) is 33.9. The van der Waals surface area contributed by atoms with Crippen LogP contribution in [0, 0.1) is 0 Å². The third-order valence-corrected chi connectivity index (χ3v) is 14.5. The van der Waals surface area contributed by atoms with E-state index in [9.17, 15) is 14.4 Å². The van der Waals surface area contributed by atoms with Crippen LogP contribution in [0.1, 0.15) is 323 Å². The summed E-state index contributed by atoms with van der Waals surface area (Å²) in [5.74, 6) is -0.911. The molecule has 1 unspecified atom stereocenters. The lowest BCUT2D eigenvalue weighted by Crippen LogP contribution is -2.30. The second kappa shape index (κ2) is 67.6. The molecule has 6 nitrogen and oxygen atoms in total. The molecule has 0 aromatic rings. The molecule has 0 spiro atoms. The SMILES string of the molecule is CC/C=C\C/C=C\C/C=C\C/C=C\C/C=C\C/C=C\C/C=C\CCCCCCCC(=O)OCC(COC(=O)CCCCCCC/C=C\C/C=C\CCC)OC(=O)CCCCCCCCCCCCCCCCCCCCCCCC. The molecule has 1 atom stereocenters. The number of hydrogen-bond donors (Lipinski definition) is 0. The molecule has 0 fully saturated rings. The zero-order chi connectivity index (χ0) is 57.8. The van der Waals surface area contributed by atoms with E-state index in [1.54, 1.807) is 0 Å². The van der Waals surface area contributed by atoms with Crippen LogP contribution in [-0.4, -0.2) is 37.2 Å². The molecule has 0 saturated carbocycles. The van der Waals surface area contributed by atoms with Crippen molar-refractivity contribution in [3.8, 4) is 0 Å². The molecule has 0 aromatic carbocycles. The highest BCUT2D eigenvalue weighted by Gasteiger charge is 2.19. The minimum Gasteiger partial charge on any atom is -0.462 e. The summed E-state index contributed by atoms with van der Waals surface area (Å²) < 4.78 is 16.9. The molecular weight excluding hydrogens is 985 g/mol. The van der Waals surface area contributed by atoms with Gasteiger partial charge in [0.15, 0.2) is 6.10 Å². The lowest BCUT2D eigenvalue weighted by atomic mass is 10.0. The lowest BCUT2D eigenvalue weighted by Gasteiger charge is -2.18. The van der Waals surface area contributed by atoms with E-state index in [2.05, 4.69) is 130 Å². The smallest absolute Gasteiger partial charge is 0.306 e. The Morgan fingerprint density at radius 1 is 0.263 bits per heavy atom. The summed E-state index contributed by atoms with van der Waals surface area (Å²) in [4.78, 5) is 38.4. The molecule has 0 aliphatic heterocycles. The van der Waals surface area contributed by atoms with Crippen LogP contribution in [0.5, 0.6) is 0 Å².